The van der Waals surface area contributed by atoms with Gasteiger partial charge in [-0.15, -0.1) is 22.0 Å². The average Bonchev–Trinajstić information content (AvgIpc) is 3.10. The first-order valence-corrected chi connectivity index (χ1v) is 11.2. The van der Waals surface area contributed by atoms with Crippen molar-refractivity contribution in [2.75, 3.05) is 12.4 Å². The third-order valence-electron chi connectivity index (χ3n) is 4.03. The summed E-state index contributed by atoms with van der Waals surface area (Å²) in [5, 5.41) is 9.79. The SMILES string of the molecule is CCn1c(CSc2ccc(C)cc2)nnc1SCCCOc1ccccc1. The topological polar surface area (TPSA) is 39.9 Å². The molecule has 0 unspecified atom stereocenters. The van der Waals surface area contributed by atoms with E-state index in [4.69, 9.17) is 4.74 Å². The number of hydrogen-bond acceptors (Lipinski definition) is 5. The molecule has 0 spiro atoms. The summed E-state index contributed by atoms with van der Waals surface area (Å²) in [6.07, 6.45) is 0.976. The molecule has 0 radical (unpaired) electrons. The van der Waals surface area contributed by atoms with Gasteiger partial charge in [0.1, 0.15) is 11.6 Å². The Bertz CT molecular complexity index is 819. The van der Waals surface area contributed by atoms with E-state index in [1.54, 1.807) is 23.5 Å². The van der Waals surface area contributed by atoms with Crippen LogP contribution in [0.4, 0.5) is 0 Å². The zero-order chi connectivity index (χ0) is 18.9. The molecule has 0 N–H and O–H groups in total. The zero-order valence-corrected chi connectivity index (χ0v) is 17.4. The quantitative estimate of drug-likeness (QED) is 0.334. The maximum atomic E-state index is 5.74. The first-order valence-electron chi connectivity index (χ1n) is 9.18. The van der Waals surface area contributed by atoms with Gasteiger partial charge < -0.3 is 9.30 Å². The Morgan fingerprint density at radius 1 is 0.963 bits per heavy atom. The number of rotatable bonds is 10. The summed E-state index contributed by atoms with van der Waals surface area (Å²) in [7, 11) is 0. The Morgan fingerprint density at radius 2 is 1.74 bits per heavy atom. The third kappa shape index (κ3) is 6.04. The molecule has 142 valence electrons. The summed E-state index contributed by atoms with van der Waals surface area (Å²) < 4.78 is 7.95. The van der Waals surface area contributed by atoms with Crippen LogP contribution in [-0.2, 0) is 12.3 Å². The lowest BCUT2D eigenvalue weighted by molar-refractivity contribution is 0.318. The van der Waals surface area contributed by atoms with Crippen LogP contribution in [0, 0.1) is 6.92 Å². The Hall–Kier alpha value is -1.92. The van der Waals surface area contributed by atoms with Crippen LogP contribution >= 0.6 is 23.5 Å². The van der Waals surface area contributed by atoms with Crippen molar-refractivity contribution >= 4 is 23.5 Å². The van der Waals surface area contributed by atoms with Gasteiger partial charge in [-0.25, -0.2) is 0 Å². The van der Waals surface area contributed by atoms with Crippen molar-refractivity contribution in [3.63, 3.8) is 0 Å². The van der Waals surface area contributed by atoms with Gasteiger partial charge in [0.2, 0.25) is 0 Å². The second-order valence-electron chi connectivity index (χ2n) is 6.11. The molecule has 0 saturated carbocycles. The van der Waals surface area contributed by atoms with Gasteiger partial charge in [-0.3, -0.25) is 0 Å². The molecule has 3 aromatic rings. The van der Waals surface area contributed by atoms with Crippen LogP contribution in [0.3, 0.4) is 0 Å². The van der Waals surface area contributed by atoms with Gasteiger partial charge in [0, 0.05) is 17.2 Å². The smallest absolute Gasteiger partial charge is 0.191 e. The minimum absolute atomic E-state index is 0.716. The highest BCUT2D eigenvalue weighted by Crippen LogP contribution is 2.25. The number of aromatic nitrogens is 3. The minimum Gasteiger partial charge on any atom is -0.494 e. The number of para-hydroxylation sites is 1. The maximum Gasteiger partial charge on any atom is 0.191 e. The summed E-state index contributed by atoms with van der Waals surface area (Å²) in [4.78, 5) is 1.26. The lowest BCUT2D eigenvalue weighted by atomic mass is 10.2. The largest absolute Gasteiger partial charge is 0.494 e. The second-order valence-corrected chi connectivity index (χ2v) is 8.22. The first-order chi connectivity index (χ1) is 13.3. The van der Waals surface area contributed by atoms with Crippen molar-refractivity contribution in [3.8, 4) is 5.75 Å². The molecule has 0 fully saturated rings. The van der Waals surface area contributed by atoms with Gasteiger partial charge in [-0.2, -0.15) is 0 Å². The molecule has 1 heterocycles. The van der Waals surface area contributed by atoms with E-state index >= 15 is 0 Å². The number of aryl methyl sites for hydroxylation is 1. The Balaban J connectivity index is 1.46. The standard InChI is InChI=1S/C21H25N3OS2/c1-3-24-20(16-27-19-12-10-17(2)11-13-19)22-23-21(24)26-15-7-14-25-18-8-5-4-6-9-18/h4-6,8-13H,3,7,14-16H2,1-2H3. The lowest BCUT2D eigenvalue weighted by Crippen LogP contribution is -2.03. The van der Waals surface area contributed by atoms with E-state index in [-0.39, 0.29) is 0 Å². The lowest BCUT2D eigenvalue weighted by Gasteiger charge is -2.08. The highest BCUT2D eigenvalue weighted by molar-refractivity contribution is 7.99. The molecule has 4 nitrogen and oxygen atoms in total. The maximum absolute atomic E-state index is 5.74. The highest BCUT2D eigenvalue weighted by atomic mass is 32.2. The van der Waals surface area contributed by atoms with E-state index in [1.807, 2.05) is 30.3 Å². The Kier molecular flexibility index (Phi) is 7.66. The number of nitrogens with zero attached hydrogens (tertiary/aromatic N) is 3. The van der Waals surface area contributed by atoms with Crippen molar-refractivity contribution in [1.82, 2.24) is 14.8 Å². The normalized spacial score (nSPS) is 10.9. The molecule has 0 amide bonds. The van der Waals surface area contributed by atoms with Crippen molar-refractivity contribution in [2.24, 2.45) is 0 Å². The summed E-state index contributed by atoms with van der Waals surface area (Å²) in [6, 6.07) is 18.6. The molecule has 0 aliphatic carbocycles. The fourth-order valence-corrected chi connectivity index (χ4v) is 4.33. The van der Waals surface area contributed by atoms with Gasteiger partial charge in [-0.05, 0) is 44.5 Å². The molecule has 3 rings (SSSR count). The van der Waals surface area contributed by atoms with Gasteiger partial charge in [0.25, 0.3) is 0 Å². The van der Waals surface area contributed by atoms with Crippen molar-refractivity contribution in [1.29, 1.82) is 0 Å². The van der Waals surface area contributed by atoms with Gasteiger partial charge in [0.05, 0.1) is 12.4 Å². The molecule has 0 saturated heterocycles. The molecule has 2 aromatic carbocycles. The van der Waals surface area contributed by atoms with Gasteiger partial charge >= 0.3 is 0 Å². The Labute approximate surface area is 169 Å². The number of ether oxygens (including phenoxy) is 1. The molecule has 6 heteroatoms. The van der Waals surface area contributed by atoms with Crippen LogP contribution in [0.15, 0.2) is 64.6 Å². The molecule has 27 heavy (non-hydrogen) atoms. The van der Waals surface area contributed by atoms with Crippen LogP contribution < -0.4 is 4.74 Å². The average molecular weight is 400 g/mol. The predicted molar refractivity (Wildman–Crippen MR) is 114 cm³/mol. The van der Waals surface area contributed by atoms with E-state index in [1.165, 1.54) is 10.5 Å². The molecule has 0 atom stereocenters. The highest BCUT2D eigenvalue weighted by Gasteiger charge is 2.11. The Morgan fingerprint density at radius 3 is 2.48 bits per heavy atom. The summed E-state index contributed by atoms with van der Waals surface area (Å²) in [5.74, 6) is 3.76. The van der Waals surface area contributed by atoms with Crippen LogP contribution in [0.1, 0.15) is 24.7 Å². The van der Waals surface area contributed by atoms with Gasteiger partial charge in [0.15, 0.2) is 5.16 Å². The molecule has 1 aromatic heterocycles. The van der Waals surface area contributed by atoms with Crippen LogP contribution in [0.2, 0.25) is 0 Å². The van der Waals surface area contributed by atoms with E-state index in [0.717, 1.165) is 41.2 Å². The summed E-state index contributed by atoms with van der Waals surface area (Å²) >= 11 is 3.55. The summed E-state index contributed by atoms with van der Waals surface area (Å²) in [5.41, 5.74) is 1.28. The first kappa shape index (κ1) is 19.8. The van der Waals surface area contributed by atoms with Crippen LogP contribution in [0.5, 0.6) is 5.75 Å². The fourth-order valence-electron chi connectivity index (χ4n) is 2.56. The van der Waals surface area contributed by atoms with E-state index in [9.17, 15) is 0 Å². The second kappa shape index (κ2) is 10.4. The fraction of sp³-hybridized carbons (Fsp3) is 0.333. The molecular formula is C21H25N3OS2. The van der Waals surface area contributed by atoms with E-state index < -0.39 is 0 Å². The number of benzene rings is 2. The van der Waals surface area contributed by atoms with Crippen molar-refractivity contribution in [2.45, 2.75) is 42.6 Å². The number of hydrogen-bond donors (Lipinski definition) is 0. The van der Waals surface area contributed by atoms with Crippen LogP contribution in [-0.4, -0.2) is 27.1 Å². The predicted octanol–water partition coefficient (Wildman–Crippen LogP) is 5.46. The molecule has 0 aliphatic rings. The molecule has 0 aliphatic heterocycles. The van der Waals surface area contributed by atoms with Gasteiger partial charge in [-0.1, -0.05) is 47.7 Å². The molecule has 0 bridgehead atoms. The van der Waals surface area contributed by atoms with E-state index in [0.29, 0.717) is 6.61 Å². The third-order valence-corrected chi connectivity index (χ3v) is 6.09. The summed E-state index contributed by atoms with van der Waals surface area (Å²) in [6.45, 7) is 5.86. The zero-order valence-electron chi connectivity index (χ0n) is 15.8. The van der Waals surface area contributed by atoms with Crippen molar-refractivity contribution < 1.29 is 4.74 Å². The monoisotopic (exact) mass is 399 g/mol. The molecular weight excluding hydrogens is 374 g/mol. The number of thioether (sulfide) groups is 2. The van der Waals surface area contributed by atoms with Crippen molar-refractivity contribution in [3.05, 3.63) is 66.0 Å². The minimum atomic E-state index is 0.716. The van der Waals surface area contributed by atoms with E-state index in [2.05, 4.69) is 52.9 Å². The van der Waals surface area contributed by atoms with Crippen LogP contribution in [0.25, 0.3) is 0 Å².